The molecule has 2 aliphatic heterocycles. The Morgan fingerprint density at radius 1 is 1.10 bits per heavy atom. The first-order valence-electron chi connectivity index (χ1n) is 6.34. The third-order valence-electron chi connectivity index (χ3n) is 3.92. The van der Waals surface area contributed by atoms with Crippen LogP contribution in [0.4, 0.5) is 0 Å². The maximum Gasteiger partial charge on any atom is 0.205 e. The molecule has 20 heavy (non-hydrogen) atoms. The van der Waals surface area contributed by atoms with Crippen molar-refractivity contribution < 1.29 is 14.9 Å². The van der Waals surface area contributed by atoms with E-state index in [1.165, 1.54) is 4.57 Å². The zero-order valence-electron chi connectivity index (χ0n) is 10.7. The van der Waals surface area contributed by atoms with Crippen LogP contribution in [0.3, 0.4) is 0 Å². The largest absolute Gasteiger partial charge is 0.494 e. The number of hydrogen-bond donors (Lipinski definition) is 2. The molecule has 2 aliphatic rings. The van der Waals surface area contributed by atoms with E-state index in [0.717, 1.165) is 15.7 Å². The Morgan fingerprint density at radius 3 is 2.25 bits per heavy atom. The summed E-state index contributed by atoms with van der Waals surface area (Å²) in [4.78, 5) is 0. The summed E-state index contributed by atoms with van der Waals surface area (Å²) in [7, 11) is 0. The van der Waals surface area contributed by atoms with Crippen molar-refractivity contribution in [2.24, 2.45) is 0 Å². The number of aromatic hydroxyl groups is 2. The number of halogens is 1. The van der Waals surface area contributed by atoms with E-state index in [9.17, 15) is 10.2 Å². The lowest BCUT2D eigenvalue weighted by Crippen LogP contribution is -1.97. The smallest absolute Gasteiger partial charge is 0.205 e. The Kier molecular flexibility index (Phi) is 2.35. The molecule has 2 aromatic rings. The van der Waals surface area contributed by atoms with Crippen molar-refractivity contribution in [3.05, 3.63) is 51.5 Å². The number of fused-ring (bicyclic) bond motifs is 5. The van der Waals surface area contributed by atoms with E-state index in [1.807, 2.05) is 37.3 Å². The summed E-state index contributed by atoms with van der Waals surface area (Å²) >= 11 is 3.45. The zero-order valence-corrected chi connectivity index (χ0v) is 12.3. The minimum Gasteiger partial charge on any atom is -0.494 e. The Hall–Kier alpha value is -1.72. The second-order valence-corrected chi connectivity index (χ2v) is 5.96. The van der Waals surface area contributed by atoms with Crippen LogP contribution in [-0.2, 0) is 4.74 Å². The van der Waals surface area contributed by atoms with E-state index < -0.39 is 0 Å². The van der Waals surface area contributed by atoms with Gasteiger partial charge in [0.2, 0.25) is 11.8 Å². The molecular formula is C15H12BrNO3. The fourth-order valence-corrected chi connectivity index (χ4v) is 3.18. The minimum atomic E-state index is -0.251. The molecule has 102 valence electrons. The van der Waals surface area contributed by atoms with Crippen molar-refractivity contribution in [3.8, 4) is 17.4 Å². The third kappa shape index (κ3) is 1.39. The van der Waals surface area contributed by atoms with Crippen LogP contribution in [0.5, 0.6) is 11.8 Å². The number of ether oxygens (including phenoxy) is 1. The van der Waals surface area contributed by atoms with Gasteiger partial charge in [0.15, 0.2) is 0 Å². The lowest BCUT2D eigenvalue weighted by atomic mass is 10.0. The average Bonchev–Trinajstić information content (AvgIpc) is 3.08. The van der Waals surface area contributed by atoms with Gasteiger partial charge < -0.3 is 14.9 Å². The molecule has 1 aromatic carbocycles. The van der Waals surface area contributed by atoms with E-state index >= 15 is 0 Å². The highest BCUT2D eigenvalue weighted by molar-refractivity contribution is 9.10. The van der Waals surface area contributed by atoms with Crippen LogP contribution in [0.15, 0.2) is 34.8 Å². The van der Waals surface area contributed by atoms with Crippen molar-refractivity contribution in [3.63, 3.8) is 0 Å². The van der Waals surface area contributed by atoms with Crippen molar-refractivity contribution in [1.29, 1.82) is 0 Å². The highest BCUT2D eigenvalue weighted by Crippen LogP contribution is 2.55. The number of hydrogen-bond acceptors (Lipinski definition) is 3. The number of aromatic nitrogens is 1. The molecule has 0 fully saturated rings. The first-order valence-corrected chi connectivity index (χ1v) is 7.14. The predicted molar refractivity (Wildman–Crippen MR) is 77.2 cm³/mol. The molecule has 0 amide bonds. The normalized spacial score (nSPS) is 22.5. The molecule has 2 bridgehead atoms. The number of nitrogens with zero attached hydrogens (tertiary/aromatic N) is 1. The fourth-order valence-electron chi connectivity index (χ4n) is 2.93. The van der Waals surface area contributed by atoms with E-state index in [0.29, 0.717) is 11.1 Å². The number of aryl methyl sites for hydroxylation is 1. The highest BCUT2D eigenvalue weighted by atomic mass is 79.9. The van der Waals surface area contributed by atoms with Crippen molar-refractivity contribution in [2.75, 3.05) is 0 Å². The van der Waals surface area contributed by atoms with Crippen molar-refractivity contribution in [1.82, 2.24) is 4.57 Å². The molecule has 0 spiro atoms. The Bertz CT molecular complexity index is 727. The van der Waals surface area contributed by atoms with E-state index in [2.05, 4.69) is 15.9 Å². The molecule has 4 nitrogen and oxygen atoms in total. The Morgan fingerprint density at radius 2 is 1.70 bits per heavy atom. The summed E-state index contributed by atoms with van der Waals surface area (Å²) in [6.45, 7) is 1.97. The minimum absolute atomic E-state index is 0.0519. The van der Waals surface area contributed by atoms with Crippen LogP contribution in [-0.4, -0.2) is 14.8 Å². The van der Waals surface area contributed by atoms with Gasteiger partial charge in [-0.15, -0.1) is 0 Å². The van der Waals surface area contributed by atoms with Crippen LogP contribution in [0, 0.1) is 6.92 Å². The monoisotopic (exact) mass is 333 g/mol. The molecule has 3 heterocycles. The van der Waals surface area contributed by atoms with Crippen LogP contribution in [0.25, 0.3) is 5.69 Å². The lowest BCUT2D eigenvalue weighted by molar-refractivity contribution is 0.0842. The SMILES string of the molecule is Cc1cc(-n2c(O)c3c(c2O)[C@H]2C=C[C@@H]3O2)ccc1Br. The summed E-state index contributed by atoms with van der Waals surface area (Å²) < 4.78 is 8.09. The van der Waals surface area contributed by atoms with Crippen LogP contribution in [0.1, 0.15) is 28.9 Å². The molecule has 4 rings (SSSR count). The first-order chi connectivity index (χ1) is 9.58. The fraction of sp³-hybridized carbons (Fsp3) is 0.200. The second kappa shape index (κ2) is 3.90. The van der Waals surface area contributed by atoms with Gasteiger partial charge in [0, 0.05) is 4.47 Å². The standard InChI is InChI=1S/C15H12BrNO3/c1-7-6-8(2-3-9(7)16)17-14(18)12-10-4-5-11(20-10)13(12)15(17)19/h2-6,10-11,18-19H,1H3/t10-,11+. The summed E-state index contributed by atoms with van der Waals surface area (Å²) in [6.07, 6.45) is 3.31. The van der Waals surface area contributed by atoms with Crippen LogP contribution >= 0.6 is 15.9 Å². The Balaban J connectivity index is 1.94. The Labute approximate surface area is 124 Å². The van der Waals surface area contributed by atoms with Crippen LogP contribution in [0.2, 0.25) is 0 Å². The molecule has 0 aliphatic carbocycles. The van der Waals surface area contributed by atoms with Gasteiger partial charge in [-0.2, -0.15) is 0 Å². The van der Waals surface area contributed by atoms with Gasteiger partial charge in [0.25, 0.3) is 0 Å². The summed E-state index contributed by atoms with van der Waals surface area (Å²) in [6, 6.07) is 5.66. The average molecular weight is 334 g/mol. The molecule has 1 aromatic heterocycles. The van der Waals surface area contributed by atoms with Gasteiger partial charge in [0.05, 0.1) is 16.8 Å². The summed E-state index contributed by atoms with van der Waals surface area (Å²) in [5.74, 6) is 0.104. The summed E-state index contributed by atoms with van der Waals surface area (Å²) in [5.41, 5.74) is 3.12. The van der Waals surface area contributed by atoms with Gasteiger partial charge in [-0.05, 0) is 30.7 Å². The van der Waals surface area contributed by atoms with Crippen molar-refractivity contribution >= 4 is 15.9 Å². The number of benzene rings is 1. The van der Waals surface area contributed by atoms with Gasteiger partial charge in [-0.1, -0.05) is 28.1 Å². The van der Waals surface area contributed by atoms with Gasteiger partial charge in [-0.3, -0.25) is 4.57 Å². The lowest BCUT2D eigenvalue weighted by Gasteiger charge is -2.11. The maximum absolute atomic E-state index is 10.4. The van der Waals surface area contributed by atoms with E-state index in [4.69, 9.17) is 4.74 Å². The third-order valence-corrected chi connectivity index (χ3v) is 4.81. The number of rotatable bonds is 1. The first kappa shape index (κ1) is 12.1. The van der Waals surface area contributed by atoms with Crippen LogP contribution < -0.4 is 0 Å². The molecule has 0 radical (unpaired) electrons. The molecular weight excluding hydrogens is 322 g/mol. The molecule has 5 heteroatoms. The van der Waals surface area contributed by atoms with Gasteiger partial charge in [-0.25, -0.2) is 0 Å². The van der Waals surface area contributed by atoms with Gasteiger partial charge in [0.1, 0.15) is 12.2 Å². The highest BCUT2D eigenvalue weighted by Gasteiger charge is 2.42. The molecule has 2 N–H and O–H groups in total. The zero-order chi connectivity index (χ0) is 14.0. The quantitative estimate of drug-likeness (QED) is 0.783. The molecule has 0 unspecified atom stereocenters. The topological polar surface area (TPSA) is 54.6 Å². The predicted octanol–water partition coefficient (Wildman–Crippen LogP) is 3.64. The van der Waals surface area contributed by atoms with E-state index in [1.54, 1.807) is 0 Å². The molecule has 0 saturated heterocycles. The second-order valence-electron chi connectivity index (χ2n) is 5.11. The van der Waals surface area contributed by atoms with E-state index in [-0.39, 0.29) is 24.0 Å². The van der Waals surface area contributed by atoms with Crippen molar-refractivity contribution in [2.45, 2.75) is 19.1 Å². The van der Waals surface area contributed by atoms with Gasteiger partial charge >= 0.3 is 0 Å². The molecule has 2 atom stereocenters. The summed E-state index contributed by atoms with van der Waals surface area (Å²) in [5, 5.41) is 20.9. The molecule has 0 saturated carbocycles. The maximum atomic E-state index is 10.4.